The van der Waals surface area contributed by atoms with Crippen LogP contribution >= 0.6 is 23.2 Å². The van der Waals surface area contributed by atoms with Crippen LogP contribution in [0.25, 0.3) is 0 Å². The van der Waals surface area contributed by atoms with Gasteiger partial charge in [-0.1, -0.05) is 23.2 Å². The fourth-order valence-electron chi connectivity index (χ4n) is 0.856. The SMILES string of the molecule is CNC(=O)c1cc(Cl)cc(Cl)c1F. The molecule has 0 aromatic heterocycles. The van der Waals surface area contributed by atoms with Crippen molar-refractivity contribution in [3.8, 4) is 0 Å². The van der Waals surface area contributed by atoms with Crippen LogP contribution in [0.1, 0.15) is 10.4 Å². The van der Waals surface area contributed by atoms with Gasteiger partial charge in [-0.15, -0.1) is 0 Å². The van der Waals surface area contributed by atoms with Crippen LogP contribution in [0.5, 0.6) is 0 Å². The van der Waals surface area contributed by atoms with Crippen LogP contribution in [-0.4, -0.2) is 13.0 Å². The summed E-state index contributed by atoms with van der Waals surface area (Å²) in [6.07, 6.45) is 0. The Bertz CT molecular complexity index is 354. The van der Waals surface area contributed by atoms with E-state index in [1.54, 1.807) is 0 Å². The summed E-state index contributed by atoms with van der Waals surface area (Å²) in [6, 6.07) is 2.46. The van der Waals surface area contributed by atoms with Gasteiger partial charge < -0.3 is 5.32 Å². The Morgan fingerprint density at radius 3 is 2.62 bits per heavy atom. The maximum atomic E-state index is 13.2. The Kier molecular flexibility index (Phi) is 3.12. The lowest BCUT2D eigenvalue weighted by atomic mass is 10.2. The van der Waals surface area contributed by atoms with E-state index in [-0.39, 0.29) is 15.6 Å². The van der Waals surface area contributed by atoms with Gasteiger partial charge in [0.2, 0.25) is 0 Å². The van der Waals surface area contributed by atoms with Crippen LogP contribution in [0.2, 0.25) is 10.0 Å². The van der Waals surface area contributed by atoms with Crippen molar-refractivity contribution in [2.24, 2.45) is 0 Å². The zero-order chi connectivity index (χ0) is 10.0. The fraction of sp³-hybridized carbons (Fsp3) is 0.125. The quantitative estimate of drug-likeness (QED) is 0.726. The molecule has 2 nitrogen and oxygen atoms in total. The summed E-state index contributed by atoms with van der Waals surface area (Å²) in [5.41, 5.74) is -0.153. The van der Waals surface area contributed by atoms with Crippen LogP contribution in [0.15, 0.2) is 12.1 Å². The number of benzene rings is 1. The molecule has 1 rings (SSSR count). The molecule has 5 heteroatoms. The first kappa shape index (κ1) is 10.3. The van der Waals surface area contributed by atoms with Crippen molar-refractivity contribution >= 4 is 29.1 Å². The molecule has 13 heavy (non-hydrogen) atoms. The van der Waals surface area contributed by atoms with E-state index in [2.05, 4.69) is 5.32 Å². The van der Waals surface area contributed by atoms with E-state index in [1.165, 1.54) is 19.2 Å². The Labute approximate surface area is 84.6 Å². The Morgan fingerprint density at radius 2 is 2.08 bits per heavy atom. The van der Waals surface area contributed by atoms with Gasteiger partial charge in [0.15, 0.2) is 5.82 Å². The highest BCUT2D eigenvalue weighted by molar-refractivity contribution is 6.35. The standard InChI is InChI=1S/C8H6Cl2FNO/c1-12-8(13)5-2-4(9)3-6(10)7(5)11/h2-3H,1H3,(H,12,13). The topological polar surface area (TPSA) is 29.1 Å². The molecule has 0 aliphatic rings. The van der Waals surface area contributed by atoms with E-state index in [4.69, 9.17) is 23.2 Å². The van der Waals surface area contributed by atoms with Gasteiger partial charge in [-0.25, -0.2) is 4.39 Å². The summed E-state index contributed by atoms with van der Waals surface area (Å²) in [5, 5.41) is 2.35. The molecule has 0 aliphatic heterocycles. The predicted molar refractivity (Wildman–Crippen MR) is 49.8 cm³/mol. The van der Waals surface area contributed by atoms with Crippen LogP contribution in [0.3, 0.4) is 0 Å². The zero-order valence-electron chi connectivity index (χ0n) is 6.70. The van der Waals surface area contributed by atoms with Crippen molar-refractivity contribution in [2.75, 3.05) is 7.05 Å². The molecule has 0 fully saturated rings. The van der Waals surface area contributed by atoms with Crippen molar-refractivity contribution in [3.63, 3.8) is 0 Å². The molecule has 0 saturated heterocycles. The largest absolute Gasteiger partial charge is 0.355 e. The maximum absolute atomic E-state index is 13.2. The highest BCUT2D eigenvalue weighted by atomic mass is 35.5. The molecule has 0 atom stereocenters. The molecule has 1 aromatic carbocycles. The number of amides is 1. The number of carbonyl (C=O) groups excluding carboxylic acids is 1. The fourth-order valence-corrected chi connectivity index (χ4v) is 1.35. The lowest BCUT2D eigenvalue weighted by Gasteiger charge is -2.03. The van der Waals surface area contributed by atoms with Crippen LogP contribution < -0.4 is 5.32 Å². The number of hydrogen-bond acceptors (Lipinski definition) is 1. The third kappa shape index (κ3) is 2.11. The molecular weight excluding hydrogens is 216 g/mol. The number of carbonyl (C=O) groups is 1. The van der Waals surface area contributed by atoms with Crippen LogP contribution in [0.4, 0.5) is 4.39 Å². The van der Waals surface area contributed by atoms with Gasteiger partial charge in [-0.05, 0) is 12.1 Å². The first-order valence-electron chi connectivity index (χ1n) is 3.43. The highest BCUT2D eigenvalue weighted by Gasteiger charge is 2.14. The lowest BCUT2D eigenvalue weighted by Crippen LogP contribution is -2.19. The summed E-state index contributed by atoms with van der Waals surface area (Å²) in [4.78, 5) is 11.1. The molecular formula is C8H6Cl2FNO. The molecule has 0 aliphatic carbocycles. The third-order valence-electron chi connectivity index (χ3n) is 1.46. The second kappa shape index (κ2) is 3.94. The van der Waals surface area contributed by atoms with Gasteiger partial charge >= 0.3 is 0 Å². The highest BCUT2D eigenvalue weighted by Crippen LogP contribution is 2.23. The Morgan fingerprint density at radius 1 is 1.46 bits per heavy atom. The second-order valence-electron chi connectivity index (χ2n) is 2.33. The van der Waals surface area contributed by atoms with Gasteiger partial charge in [-0.3, -0.25) is 4.79 Å². The summed E-state index contributed by atoms with van der Waals surface area (Å²) >= 11 is 11.1. The first-order valence-corrected chi connectivity index (χ1v) is 4.18. The van der Waals surface area contributed by atoms with E-state index in [0.717, 1.165) is 0 Å². The summed E-state index contributed by atoms with van der Waals surface area (Å²) in [5.74, 6) is -1.31. The van der Waals surface area contributed by atoms with E-state index in [1.807, 2.05) is 0 Å². The minimum Gasteiger partial charge on any atom is -0.355 e. The number of rotatable bonds is 1. The van der Waals surface area contributed by atoms with Crippen molar-refractivity contribution in [2.45, 2.75) is 0 Å². The Hall–Kier alpha value is -0.800. The monoisotopic (exact) mass is 221 g/mol. The van der Waals surface area contributed by atoms with E-state index in [9.17, 15) is 9.18 Å². The van der Waals surface area contributed by atoms with Crippen LogP contribution in [-0.2, 0) is 0 Å². The predicted octanol–water partition coefficient (Wildman–Crippen LogP) is 2.49. The molecule has 0 saturated carbocycles. The van der Waals surface area contributed by atoms with Crippen LogP contribution in [0, 0.1) is 5.82 Å². The lowest BCUT2D eigenvalue weighted by molar-refractivity contribution is 0.0959. The molecule has 0 spiro atoms. The van der Waals surface area contributed by atoms with E-state index < -0.39 is 11.7 Å². The molecule has 0 heterocycles. The van der Waals surface area contributed by atoms with E-state index in [0.29, 0.717) is 0 Å². The minimum atomic E-state index is -0.759. The smallest absolute Gasteiger partial charge is 0.254 e. The second-order valence-corrected chi connectivity index (χ2v) is 3.17. The summed E-state index contributed by atoms with van der Waals surface area (Å²) in [6.45, 7) is 0. The van der Waals surface area contributed by atoms with Gasteiger partial charge in [-0.2, -0.15) is 0 Å². The average molecular weight is 222 g/mol. The summed E-state index contributed by atoms with van der Waals surface area (Å²) < 4.78 is 13.2. The van der Waals surface area contributed by atoms with Crippen molar-refractivity contribution in [1.82, 2.24) is 5.32 Å². The third-order valence-corrected chi connectivity index (χ3v) is 1.96. The van der Waals surface area contributed by atoms with Gasteiger partial charge in [0.25, 0.3) is 5.91 Å². The van der Waals surface area contributed by atoms with Crippen molar-refractivity contribution in [1.29, 1.82) is 0 Å². The Balaban J connectivity index is 3.28. The summed E-state index contributed by atoms with van der Waals surface area (Å²) in [7, 11) is 1.40. The van der Waals surface area contributed by atoms with Crippen molar-refractivity contribution < 1.29 is 9.18 Å². The van der Waals surface area contributed by atoms with Crippen molar-refractivity contribution in [3.05, 3.63) is 33.6 Å². The molecule has 0 radical (unpaired) electrons. The normalized spacial score (nSPS) is 9.85. The molecule has 1 amide bonds. The minimum absolute atomic E-state index is 0.153. The first-order chi connectivity index (χ1) is 6.06. The molecule has 70 valence electrons. The van der Waals surface area contributed by atoms with Gasteiger partial charge in [0.1, 0.15) is 0 Å². The van der Waals surface area contributed by atoms with E-state index >= 15 is 0 Å². The molecule has 1 N–H and O–H groups in total. The molecule has 1 aromatic rings. The average Bonchev–Trinajstić information content (AvgIpc) is 2.10. The molecule has 0 unspecified atom stereocenters. The van der Waals surface area contributed by atoms with Gasteiger partial charge in [0.05, 0.1) is 10.6 Å². The number of hydrogen-bond donors (Lipinski definition) is 1. The number of halogens is 3. The number of nitrogens with one attached hydrogen (secondary N) is 1. The molecule has 0 bridgehead atoms. The maximum Gasteiger partial charge on any atom is 0.254 e. The zero-order valence-corrected chi connectivity index (χ0v) is 8.21. The van der Waals surface area contributed by atoms with Gasteiger partial charge in [0, 0.05) is 12.1 Å².